The summed E-state index contributed by atoms with van der Waals surface area (Å²) in [6, 6.07) is 6.08. The summed E-state index contributed by atoms with van der Waals surface area (Å²) < 4.78 is 2.17. The van der Waals surface area contributed by atoms with Gasteiger partial charge in [-0.05, 0) is 52.8 Å². The molecule has 0 aromatic heterocycles. The van der Waals surface area contributed by atoms with Gasteiger partial charge in [0.05, 0.1) is 6.10 Å². The molecular formula is C12H16BrIO. The van der Waals surface area contributed by atoms with Gasteiger partial charge < -0.3 is 5.11 Å². The van der Waals surface area contributed by atoms with Crippen molar-refractivity contribution in [1.82, 2.24) is 0 Å². The minimum atomic E-state index is -0.333. The van der Waals surface area contributed by atoms with Gasteiger partial charge in [-0.1, -0.05) is 42.1 Å². The van der Waals surface area contributed by atoms with E-state index in [4.69, 9.17) is 0 Å². The Morgan fingerprint density at radius 2 is 2.13 bits per heavy atom. The second kappa shape index (κ2) is 6.86. The lowest BCUT2D eigenvalue weighted by atomic mass is 10.0. The van der Waals surface area contributed by atoms with Crippen LogP contribution < -0.4 is 0 Å². The molecule has 15 heavy (non-hydrogen) atoms. The lowest BCUT2D eigenvalue weighted by molar-refractivity contribution is 0.163. The highest BCUT2D eigenvalue weighted by molar-refractivity contribution is 14.1. The van der Waals surface area contributed by atoms with Crippen LogP contribution in [0.2, 0.25) is 0 Å². The van der Waals surface area contributed by atoms with E-state index in [2.05, 4.69) is 45.4 Å². The predicted octanol–water partition coefficient (Wildman–Crippen LogP) is 4.67. The fourth-order valence-electron chi connectivity index (χ4n) is 1.51. The summed E-state index contributed by atoms with van der Waals surface area (Å²) in [6.07, 6.45) is 4.00. The van der Waals surface area contributed by atoms with E-state index in [0.29, 0.717) is 0 Å². The van der Waals surface area contributed by atoms with E-state index in [9.17, 15) is 5.11 Å². The first-order chi connectivity index (χ1) is 7.15. The molecule has 1 aromatic carbocycles. The van der Waals surface area contributed by atoms with Crippen molar-refractivity contribution in [3.63, 3.8) is 0 Å². The lowest BCUT2D eigenvalue weighted by Crippen LogP contribution is -1.99. The summed E-state index contributed by atoms with van der Waals surface area (Å²) in [5.74, 6) is 0. The molecule has 0 aliphatic heterocycles. The van der Waals surface area contributed by atoms with Crippen LogP contribution in [0.5, 0.6) is 0 Å². The summed E-state index contributed by atoms with van der Waals surface area (Å²) in [7, 11) is 0. The number of aliphatic hydroxyl groups excluding tert-OH is 1. The Hall–Kier alpha value is 0.390. The van der Waals surface area contributed by atoms with Crippen LogP contribution in [0, 0.1) is 3.57 Å². The highest BCUT2D eigenvalue weighted by Gasteiger charge is 2.10. The standard InChI is InChI=1S/C12H16BrIO/c1-2-3-4-5-12(15)10-8-9(14)6-7-11(10)13/h6-8,12,15H,2-5H2,1H3. The fraction of sp³-hybridized carbons (Fsp3) is 0.500. The number of halogens is 2. The maximum absolute atomic E-state index is 10.0. The van der Waals surface area contributed by atoms with Gasteiger partial charge in [-0.2, -0.15) is 0 Å². The number of rotatable bonds is 5. The van der Waals surface area contributed by atoms with E-state index in [1.807, 2.05) is 18.2 Å². The van der Waals surface area contributed by atoms with Crippen LogP contribution in [-0.4, -0.2) is 5.11 Å². The number of benzene rings is 1. The number of unbranched alkanes of at least 4 members (excludes halogenated alkanes) is 2. The van der Waals surface area contributed by atoms with Gasteiger partial charge in [-0.3, -0.25) is 0 Å². The van der Waals surface area contributed by atoms with Gasteiger partial charge in [0, 0.05) is 8.04 Å². The summed E-state index contributed by atoms with van der Waals surface area (Å²) in [5.41, 5.74) is 1.01. The van der Waals surface area contributed by atoms with Gasteiger partial charge in [0.2, 0.25) is 0 Å². The Bertz CT molecular complexity index is 314. The molecule has 1 atom stereocenters. The van der Waals surface area contributed by atoms with Crippen molar-refractivity contribution in [3.8, 4) is 0 Å². The molecule has 0 fully saturated rings. The summed E-state index contributed by atoms with van der Waals surface area (Å²) in [6.45, 7) is 2.17. The maximum Gasteiger partial charge on any atom is 0.0801 e. The highest BCUT2D eigenvalue weighted by atomic mass is 127. The van der Waals surface area contributed by atoms with Crippen LogP contribution in [0.1, 0.15) is 44.3 Å². The van der Waals surface area contributed by atoms with Crippen LogP contribution in [0.4, 0.5) is 0 Å². The number of hydrogen-bond donors (Lipinski definition) is 1. The molecule has 1 aromatic rings. The first-order valence-electron chi connectivity index (χ1n) is 5.28. The van der Waals surface area contributed by atoms with Gasteiger partial charge in [-0.25, -0.2) is 0 Å². The molecule has 0 saturated carbocycles. The first-order valence-corrected chi connectivity index (χ1v) is 7.15. The Labute approximate surface area is 114 Å². The van der Waals surface area contributed by atoms with Crippen molar-refractivity contribution in [2.75, 3.05) is 0 Å². The van der Waals surface area contributed by atoms with Crippen LogP contribution in [0.3, 0.4) is 0 Å². The van der Waals surface area contributed by atoms with Crippen molar-refractivity contribution < 1.29 is 5.11 Å². The van der Waals surface area contributed by atoms with Gasteiger partial charge in [0.25, 0.3) is 0 Å². The van der Waals surface area contributed by atoms with Gasteiger partial charge >= 0.3 is 0 Å². The molecule has 0 bridgehead atoms. The molecular weight excluding hydrogens is 367 g/mol. The van der Waals surface area contributed by atoms with Crippen LogP contribution in [-0.2, 0) is 0 Å². The smallest absolute Gasteiger partial charge is 0.0801 e. The molecule has 0 amide bonds. The highest BCUT2D eigenvalue weighted by Crippen LogP contribution is 2.28. The molecule has 0 radical (unpaired) electrons. The van der Waals surface area contributed by atoms with E-state index in [1.54, 1.807) is 0 Å². The Kier molecular flexibility index (Phi) is 6.16. The third-order valence-corrected chi connectivity index (χ3v) is 3.79. The van der Waals surface area contributed by atoms with Gasteiger partial charge in [0.1, 0.15) is 0 Å². The number of hydrogen-bond acceptors (Lipinski definition) is 1. The second-order valence-corrected chi connectivity index (χ2v) is 5.78. The second-order valence-electron chi connectivity index (χ2n) is 3.68. The molecule has 0 heterocycles. The molecule has 0 saturated heterocycles. The zero-order valence-corrected chi connectivity index (χ0v) is 12.6. The van der Waals surface area contributed by atoms with E-state index in [0.717, 1.165) is 22.9 Å². The van der Waals surface area contributed by atoms with E-state index in [1.165, 1.54) is 16.4 Å². The van der Waals surface area contributed by atoms with E-state index < -0.39 is 0 Å². The van der Waals surface area contributed by atoms with Gasteiger partial charge in [0.15, 0.2) is 0 Å². The van der Waals surface area contributed by atoms with Crippen molar-refractivity contribution in [2.24, 2.45) is 0 Å². The van der Waals surface area contributed by atoms with Crippen LogP contribution in [0.25, 0.3) is 0 Å². The quantitative estimate of drug-likeness (QED) is 0.579. The average molecular weight is 383 g/mol. The average Bonchev–Trinajstić information content (AvgIpc) is 2.22. The predicted molar refractivity (Wildman–Crippen MR) is 76.0 cm³/mol. The zero-order valence-electron chi connectivity index (χ0n) is 8.84. The summed E-state index contributed by atoms with van der Waals surface area (Å²) in [5, 5.41) is 10.0. The SMILES string of the molecule is CCCCCC(O)c1cc(I)ccc1Br. The largest absolute Gasteiger partial charge is 0.388 e. The third-order valence-electron chi connectivity index (χ3n) is 2.40. The number of aliphatic hydroxyl groups is 1. The van der Waals surface area contributed by atoms with Crippen LogP contribution in [0.15, 0.2) is 22.7 Å². The van der Waals surface area contributed by atoms with Gasteiger partial charge in [-0.15, -0.1) is 0 Å². The summed E-state index contributed by atoms with van der Waals surface area (Å²) in [4.78, 5) is 0. The third kappa shape index (κ3) is 4.41. The topological polar surface area (TPSA) is 20.2 Å². The molecule has 84 valence electrons. The minimum Gasteiger partial charge on any atom is -0.388 e. The molecule has 1 N–H and O–H groups in total. The van der Waals surface area contributed by atoms with Crippen molar-refractivity contribution >= 4 is 38.5 Å². The van der Waals surface area contributed by atoms with E-state index >= 15 is 0 Å². The molecule has 1 rings (SSSR count). The maximum atomic E-state index is 10.0. The Morgan fingerprint density at radius 3 is 2.80 bits per heavy atom. The molecule has 1 unspecified atom stereocenters. The summed E-state index contributed by atoms with van der Waals surface area (Å²) >= 11 is 5.75. The lowest BCUT2D eigenvalue weighted by Gasteiger charge is -2.13. The van der Waals surface area contributed by atoms with E-state index in [-0.39, 0.29) is 6.10 Å². The normalized spacial score (nSPS) is 12.8. The Morgan fingerprint density at radius 1 is 1.40 bits per heavy atom. The molecule has 1 nitrogen and oxygen atoms in total. The van der Waals surface area contributed by atoms with Crippen molar-refractivity contribution in [3.05, 3.63) is 31.8 Å². The molecule has 0 spiro atoms. The van der Waals surface area contributed by atoms with Crippen molar-refractivity contribution in [2.45, 2.75) is 38.7 Å². The molecule has 3 heteroatoms. The molecule has 0 aliphatic rings. The zero-order chi connectivity index (χ0) is 11.3. The van der Waals surface area contributed by atoms with Crippen LogP contribution >= 0.6 is 38.5 Å². The molecule has 0 aliphatic carbocycles. The fourth-order valence-corrected chi connectivity index (χ4v) is 2.54. The minimum absolute atomic E-state index is 0.333. The Balaban J connectivity index is 2.64. The first kappa shape index (κ1) is 13.5. The monoisotopic (exact) mass is 382 g/mol. The van der Waals surface area contributed by atoms with Crippen molar-refractivity contribution in [1.29, 1.82) is 0 Å².